The van der Waals surface area contributed by atoms with Gasteiger partial charge in [0, 0.05) is 6.42 Å². The predicted octanol–water partition coefficient (Wildman–Crippen LogP) is 11.3. The summed E-state index contributed by atoms with van der Waals surface area (Å²) >= 11 is 0. The molecule has 0 spiro atoms. The second kappa shape index (κ2) is 30.2. The van der Waals surface area contributed by atoms with Crippen molar-refractivity contribution in [2.24, 2.45) is 0 Å². The van der Waals surface area contributed by atoms with Gasteiger partial charge in [0.25, 0.3) is 0 Å². The second-order valence-corrected chi connectivity index (χ2v) is 10.4. The molecule has 0 aromatic carbocycles. The first kappa shape index (κ1) is 33.2. The zero-order chi connectivity index (χ0) is 24.8. The van der Waals surface area contributed by atoms with Crippen LogP contribution in [0, 0.1) is 0 Å². The van der Waals surface area contributed by atoms with Crippen molar-refractivity contribution >= 4 is 5.97 Å². The van der Waals surface area contributed by atoms with Crippen LogP contribution in [-0.2, 0) is 9.53 Å². The fourth-order valence-electron chi connectivity index (χ4n) is 4.53. The molecule has 202 valence electrons. The minimum Gasteiger partial charge on any atom is -0.466 e. The van der Waals surface area contributed by atoms with Gasteiger partial charge in [0.1, 0.15) is 0 Å². The maximum absolute atomic E-state index is 11.8. The first-order valence-electron chi connectivity index (χ1n) is 15.6. The quantitative estimate of drug-likeness (QED) is 0.0634. The lowest BCUT2D eigenvalue weighted by atomic mass is 10.0. The van der Waals surface area contributed by atoms with Crippen LogP contribution in [0.2, 0.25) is 0 Å². The van der Waals surface area contributed by atoms with E-state index in [1.54, 1.807) is 0 Å². The molecule has 0 aliphatic carbocycles. The number of hydrogen-bond acceptors (Lipinski definition) is 2. The average molecular weight is 479 g/mol. The number of hydrogen-bond donors (Lipinski definition) is 0. The van der Waals surface area contributed by atoms with Crippen molar-refractivity contribution in [2.75, 3.05) is 6.61 Å². The van der Waals surface area contributed by atoms with Crippen LogP contribution in [0.3, 0.4) is 0 Å². The Morgan fingerprint density at radius 1 is 0.471 bits per heavy atom. The summed E-state index contributed by atoms with van der Waals surface area (Å²) in [6.45, 7) is 5.16. The Kier molecular flexibility index (Phi) is 29.5. The van der Waals surface area contributed by atoms with Gasteiger partial charge in [-0.3, -0.25) is 4.79 Å². The van der Waals surface area contributed by atoms with Gasteiger partial charge in [0.05, 0.1) is 6.61 Å². The smallest absolute Gasteiger partial charge is 0.305 e. The molecule has 0 heterocycles. The van der Waals surface area contributed by atoms with Crippen molar-refractivity contribution in [3.63, 3.8) is 0 Å². The summed E-state index contributed by atoms with van der Waals surface area (Å²) in [7, 11) is 0. The highest BCUT2D eigenvalue weighted by Gasteiger charge is 2.02. The molecule has 0 bridgehead atoms. The lowest BCUT2D eigenvalue weighted by Gasteiger charge is -2.05. The molecule has 0 N–H and O–H groups in total. The highest BCUT2D eigenvalue weighted by atomic mass is 16.5. The van der Waals surface area contributed by atoms with Gasteiger partial charge in [0.2, 0.25) is 0 Å². The van der Waals surface area contributed by atoms with E-state index in [1.807, 2.05) is 0 Å². The van der Waals surface area contributed by atoms with Gasteiger partial charge in [-0.05, 0) is 32.1 Å². The third-order valence-corrected chi connectivity index (χ3v) is 6.90. The highest BCUT2D eigenvalue weighted by molar-refractivity contribution is 5.69. The molecule has 0 saturated heterocycles. The molecule has 0 unspecified atom stereocenters. The lowest BCUT2D eigenvalue weighted by molar-refractivity contribution is -0.143. The molecule has 0 rings (SSSR count). The number of ether oxygens (including phenoxy) is 1. The Morgan fingerprint density at radius 3 is 1.35 bits per heavy atom. The van der Waals surface area contributed by atoms with Gasteiger partial charge < -0.3 is 4.74 Å². The fraction of sp³-hybridized carbons (Fsp3) is 0.906. The monoisotopic (exact) mass is 478 g/mol. The maximum atomic E-state index is 11.8. The molecule has 0 aliphatic heterocycles. The Balaban J connectivity index is 3.16. The second-order valence-electron chi connectivity index (χ2n) is 10.4. The Labute approximate surface area is 215 Å². The number of esters is 1. The number of carbonyl (C=O) groups excluding carboxylic acids is 1. The fourth-order valence-corrected chi connectivity index (χ4v) is 4.53. The van der Waals surface area contributed by atoms with Gasteiger partial charge in [-0.2, -0.15) is 0 Å². The molecular formula is C32H62O2. The molecule has 0 amide bonds. The van der Waals surface area contributed by atoms with Crippen molar-refractivity contribution in [3.05, 3.63) is 12.2 Å². The Bertz CT molecular complexity index is 415. The molecular weight excluding hydrogens is 416 g/mol. The molecule has 0 fully saturated rings. The largest absolute Gasteiger partial charge is 0.466 e. The third kappa shape index (κ3) is 29.2. The predicted molar refractivity (Wildman–Crippen MR) is 151 cm³/mol. The van der Waals surface area contributed by atoms with E-state index in [-0.39, 0.29) is 5.97 Å². The van der Waals surface area contributed by atoms with Crippen LogP contribution in [0.1, 0.15) is 181 Å². The van der Waals surface area contributed by atoms with Crippen LogP contribution in [0.15, 0.2) is 12.2 Å². The van der Waals surface area contributed by atoms with Gasteiger partial charge >= 0.3 is 5.97 Å². The van der Waals surface area contributed by atoms with Crippen molar-refractivity contribution in [2.45, 2.75) is 181 Å². The van der Waals surface area contributed by atoms with E-state index < -0.39 is 0 Å². The van der Waals surface area contributed by atoms with E-state index >= 15 is 0 Å². The third-order valence-electron chi connectivity index (χ3n) is 6.90. The molecule has 0 aromatic rings. The van der Waals surface area contributed by atoms with Crippen LogP contribution in [0.4, 0.5) is 0 Å². The van der Waals surface area contributed by atoms with Gasteiger partial charge in [-0.1, -0.05) is 154 Å². The molecule has 2 heteroatoms. The SMILES string of the molecule is CCCC/C=C\CCCCCCCC(=O)OCCCCCCCCCCCCCCCCCC. The average Bonchev–Trinajstić information content (AvgIpc) is 2.84. The minimum atomic E-state index is 0.0137. The van der Waals surface area contributed by atoms with Crippen LogP contribution >= 0.6 is 0 Å². The van der Waals surface area contributed by atoms with E-state index in [0.29, 0.717) is 13.0 Å². The first-order chi connectivity index (χ1) is 16.8. The van der Waals surface area contributed by atoms with Crippen molar-refractivity contribution < 1.29 is 9.53 Å². The van der Waals surface area contributed by atoms with Gasteiger partial charge in [-0.25, -0.2) is 0 Å². The van der Waals surface area contributed by atoms with E-state index in [2.05, 4.69) is 26.0 Å². The summed E-state index contributed by atoms with van der Waals surface area (Å²) in [6.07, 6.45) is 38.3. The van der Waals surface area contributed by atoms with E-state index in [1.165, 1.54) is 141 Å². The van der Waals surface area contributed by atoms with Crippen LogP contribution < -0.4 is 0 Å². The first-order valence-corrected chi connectivity index (χ1v) is 15.6. The summed E-state index contributed by atoms with van der Waals surface area (Å²) in [5.74, 6) is 0.0137. The topological polar surface area (TPSA) is 26.3 Å². The molecule has 0 atom stereocenters. The van der Waals surface area contributed by atoms with Gasteiger partial charge in [-0.15, -0.1) is 0 Å². The van der Waals surface area contributed by atoms with E-state index in [0.717, 1.165) is 19.3 Å². The highest BCUT2D eigenvalue weighted by Crippen LogP contribution is 2.14. The summed E-state index contributed by atoms with van der Waals surface area (Å²) in [5.41, 5.74) is 0. The van der Waals surface area contributed by atoms with Gasteiger partial charge in [0.15, 0.2) is 0 Å². The minimum absolute atomic E-state index is 0.0137. The number of rotatable bonds is 28. The molecule has 0 saturated carbocycles. The lowest BCUT2D eigenvalue weighted by Crippen LogP contribution is -2.05. The molecule has 2 nitrogen and oxygen atoms in total. The summed E-state index contributed by atoms with van der Waals surface area (Å²) in [6, 6.07) is 0. The summed E-state index contributed by atoms with van der Waals surface area (Å²) < 4.78 is 5.40. The Morgan fingerprint density at radius 2 is 0.853 bits per heavy atom. The normalized spacial score (nSPS) is 11.5. The van der Waals surface area contributed by atoms with Crippen molar-refractivity contribution in [1.29, 1.82) is 0 Å². The van der Waals surface area contributed by atoms with E-state index in [4.69, 9.17) is 4.74 Å². The zero-order valence-electron chi connectivity index (χ0n) is 23.6. The van der Waals surface area contributed by atoms with Crippen LogP contribution in [0.25, 0.3) is 0 Å². The number of allylic oxidation sites excluding steroid dienone is 2. The maximum Gasteiger partial charge on any atom is 0.305 e. The van der Waals surface area contributed by atoms with Crippen molar-refractivity contribution in [1.82, 2.24) is 0 Å². The molecule has 34 heavy (non-hydrogen) atoms. The summed E-state index contributed by atoms with van der Waals surface area (Å²) in [4.78, 5) is 11.8. The van der Waals surface area contributed by atoms with E-state index in [9.17, 15) is 4.79 Å². The molecule has 0 aromatic heterocycles. The zero-order valence-corrected chi connectivity index (χ0v) is 23.6. The Hall–Kier alpha value is -0.790. The number of unbranched alkanes of at least 4 members (excludes halogenated alkanes) is 22. The summed E-state index contributed by atoms with van der Waals surface area (Å²) in [5, 5.41) is 0. The van der Waals surface area contributed by atoms with Crippen LogP contribution in [-0.4, -0.2) is 12.6 Å². The molecule has 0 radical (unpaired) electrons. The molecule has 0 aliphatic rings. The number of carbonyl (C=O) groups is 1. The van der Waals surface area contributed by atoms with Crippen LogP contribution in [0.5, 0.6) is 0 Å². The standard InChI is InChI=1S/C32H62O2/c1-3-5-7-9-11-13-15-16-17-18-19-21-23-25-27-29-31-34-32(33)30-28-26-24-22-20-14-12-10-8-6-4-2/h10,12H,3-9,11,13-31H2,1-2H3/b12-10-. The van der Waals surface area contributed by atoms with Crippen molar-refractivity contribution in [3.8, 4) is 0 Å².